The summed E-state index contributed by atoms with van der Waals surface area (Å²) in [6.45, 7) is 9.00. The van der Waals surface area contributed by atoms with Crippen LogP contribution >= 0.6 is 11.3 Å². The normalized spacial score (nSPS) is 17.9. The monoisotopic (exact) mass is 1010 g/mol. The predicted octanol–water partition coefficient (Wildman–Crippen LogP) is 9.76. The van der Waals surface area contributed by atoms with Gasteiger partial charge in [0.25, 0.3) is 5.91 Å². The number of carboxylic acid groups (broad SMARTS) is 1. The van der Waals surface area contributed by atoms with E-state index in [9.17, 15) is 24.3 Å². The second-order valence-electron chi connectivity index (χ2n) is 20.5. The van der Waals surface area contributed by atoms with Crippen molar-refractivity contribution in [3.8, 4) is 16.9 Å². The SMILES string of the molecule is Cc1c(OCCC2CCN(CCCC3CCN(c4cccc5c(C6CCC(=O)NC6=O)nn(C)c45)CC3)CC2)cccc1-c1ccc(N2CCc3cccc(C(=O)Nc4nc5ccccc5s4)c3C2)nc1C(=O)O. The van der Waals surface area contributed by atoms with Crippen molar-refractivity contribution in [3.63, 3.8) is 0 Å². The first-order valence-corrected chi connectivity index (χ1v) is 27.1. The van der Waals surface area contributed by atoms with Gasteiger partial charge >= 0.3 is 5.97 Å². The second kappa shape index (κ2) is 21.4. The number of anilines is 3. The maximum atomic E-state index is 13.7. The Kier molecular flexibility index (Phi) is 14.2. The molecule has 7 heterocycles. The molecule has 0 spiro atoms. The zero-order valence-corrected chi connectivity index (χ0v) is 43.0. The summed E-state index contributed by atoms with van der Waals surface area (Å²) in [5, 5.41) is 22.4. The van der Waals surface area contributed by atoms with Gasteiger partial charge in [-0.25, -0.2) is 14.8 Å². The number of benzene rings is 4. The van der Waals surface area contributed by atoms with E-state index < -0.39 is 11.9 Å². The molecular formula is C58H63N9O6S. The highest BCUT2D eigenvalue weighted by Gasteiger charge is 2.33. The van der Waals surface area contributed by atoms with Crippen LogP contribution in [0.4, 0.5) is 16.6 Å². The molecule has 11 rings (SSSR count). The van der Waals surface area contributed by atoms with Gasteiger partial charge in [0.2, 0.25) is 11.8 Å². The van der Waals surface area contributed by atoms with Crippen molar-refractivity contribution in [3.05, 3.63) is 125 Å². The minimum atomic E-state index is -1.10. The van der Waals surface area contributed by atoms with E-state index in [-0.39, 0.29) is 23.4 Å². The average molecular weight is 1010 g/mol. The number of pyridine rings is 1. The van der Waals surface area contributed by atoms with Crippen LogP contribution in [0.1, 0.15) is 107 Å². The quantitative estimate of drug-likeness (QED) is 0.0831. The van der Waals surface area contributed by atoms with Crippen LogP contribution in [0.3, 0.4) is 0 Å². The lowest BCUT2D eigenvalue weighted by Crippen LogP contribution is -2.39. The highest BCUT2D eigenvalue weighted by Crippen LogP contribution is 2.38. The lowest BCUT2D eigenvalue weighted by molar-refractivity contribution is -0.134. The van der Waals surface area contributed by atoms with Crippen molar-refractivity contribution in [2.75, 3.05) is 61.0 Å². The van der Waals surface area contributed by atoms with Gasteiger partial charge in [-0.05, 0) is 161 Å². The number of hydrogen-bond acceptors (Lipinski definition) is 12. The van der Waals surface area contributed by atoms with Crippen LogP contribution in [-0.4, -0.2) is 99.3 Å². The highest BCUT2D eigenvalue weighted by atomic mass is 32.1. The number of nitrogens with one attached hydrogen (secondary N) is 2. The van der Waals surface area contributed by atoms with Crippen LogP contribution < -0.4 is 25.2 Å². The number of thiazole rings is 1. The molecule has 1 unspecified atom stereocenters. The Hall–Kier alpha value is -7.17. The lowest BCUT2D eigenvalue weighted by Gasteiger charge is -2.35. The number of para-hydroxylation sites is 2. The smallest absolute Gasteiger partial charge is 0.355 e. The molecule has 0 aliphatic carbocycles. The Morgan fingerprint density at radius 2 is 1.59 bits per heavy atom. The fourth-order valence-corrected chi connectivity index (χ4v) is 12.7. The van der Waals surface area contributed by atoms with Crippen LogP contribution in [0.15, 0.2) is 91.0 Å². The van der Waals surface area contributed by atoms with Crippen LogP contribution in [0.5, 0.6) is 5.75 Å². The molecule has 0 bridgehead atoms. The van der Waals surface area contributed by atoms with Gasteiger partial charge in [-0.15, -0.1) is 0 Å². The maximum Gasteiger partial charge on any atom is 0.355 e. The topological polar surface area (TPSA) is 175 Å². The van der Waals surface area contributed by atoms with E-state index in [4.69, 9.17) is 14.8 Å². The first-order valence-electron chi connectivity index (χ1n) is 26.3. The Labute approximate surface area is 434 Å². The van der Waals surface area contributed by atoms with Crippen molar-refractivity contribution < 1.29 is 29.0 Å². The number of carbonyl (C=O) groups is 4. The minimum absolute atomic E-state index is 0.0213. The summed E-state index contributed by atoms with van der Waals surface area (Å²) in [5.41, 5.74) is 8.56. The summed E-state index contributed by atoms with van der Waals surface area (Å²) >= 11 is 1.44. The maximum absolute atomic E-state index is 13.7. The summed E-state index contributed by atoms with van der Waals surface area (Å²) in [7, 11) is 1.95. The van der Waals surface area contributed by atoms with Gasteiger partial charge in [-0.1, -0.05) is 59.9 Å². The lowest BCUT2D eigenvalue weighted by atomic mass is 9.90. The van der Waals surface area contributed by atoms with Gasteiger partial charge < -0.3 is 24.5 Å². The first-order chi connectivity index (χ1) is 36.0. The van der Waals surface area contributed by atoms with E-state index in [2.05, 4.69) is 43.6 Å². The molecular weight excluding hydrogens is 951 g/mol. The number of likely N-dealkylation sites (tertiary alicyclic amines) is 1. The number of nitrogens with zero attached hydrogens (tertiary/aromatic N) is 7. The Morgan fingerprint density at radius 3 is 2.41 bits per heavy atom. The molecule has 4 aliphatic rings. The highest BCUT2D eigenvalue weighted by molar-refractivity contribution is 7.22. The number of hydrogen-bond donors (Lipinski definition) is 3. The molecule has 3 saturated heterocycles. The summed E-state index contributed by atoms with van der Waals surface area (Å²) in [6, 6.07) is 29.4. The van der Waals surface area contributed by atoms with E-state index in [1.165, 1.54) is 29.9 Å². The summed E-state index contributed by atoms with van der Waals surface area (Å²) in [4.78, 5) is 67.5. The van der Waals surface area contributed by atoms with E-state index in [1.807, 2.05) is 96.3 Å². The largest absolute Gasteiger partial charge is 0.493 e. The standard InChI is InChI=1S/C58H63N9O6S/c1-36-40(41-18-20-50(60-53(41)57(71)72)67-33-26-39-10-5-12-42(45(39)35-67)55(69)62-58-59-46-14-3-4-17-49(46)74-58)11-7-16-48(36)73-34-27-38-22-29-65(30-23-38)28-8-9-37-24-31-66(32-25-37)47-15-6-13-43-52(63-64(2)54(43)47)44-19-21-51(68)61-56(44)70/h3-7,10-18,20,37-38,44H,8-9,19,21-35H2,1-2H3,(H,71,72)(H,59,62,69)(H,61,68,70). The molecule has 0 radical (unpaired) electrons. The zero-order valence-electron chi connectivity index (χ0n) is 42.1. The average Bonchev–Trinajstić information content (AvgIpc) is 3.99. The van der Waals surface area contributed by atoms with Crippen LogP contribution in [-0.2, 0) is 29.6 Å². The number of imide groups is 1. The number of fused-ring (bicyclic) bond motifs is 3. The van der Waals surface area contributed by atoms with E-state index in [0.717, 1.165) is 120 Å². The number of aryl methyl sites for hydroxylation is 1. The fourth-order valence-electron chi connectivity index (χ4n) is 11.9. The molecule has 7 aromatic rings. The van der Waals surface area contributed by atoms with Gasteiger partial charge in [0.1, 0.15) is 11.6 Å². The van der Waals surface area contributed by atoms with Crippen LogP contribution in [0.2, 0.25) is 0 Å². The third kappa shape index (κ3) is 10.2. The number of rotatable bonds is 15. The van der Waals surface area contributed by atoms with E-state index >= 15 is 0 Å². The molecule has 4 aliphatic heterocycles. The molecule has 3 fully saturated rings. The number of piperidine rings is 3. The van der Waals surface area contributed by atoms with Gasteiger partial charge in [-0.3, -0.25) is 29.7 Å². The Balaban J connectivity index is 0.640. The minimum Gasteiger partial charge on any atom is -0.493 e. The Bertz CT molecular complexity index is 3230. The molecule has 0 saturated carbocycles. The third-order valence-electron chi connectivity index (χ3n) is 16.0. The van der Waals surface area contributed by atoms with Crippen molar-refractivity contribution in [1.82, 2.24) is 30.0 Å². The van der Waals surface area contributed by atoms with E-state index in [1.54, 1.807) is 0 Å². The van der Waals surface area contributed by atoms with Crippen molar-refractivity contribution in [1.29, 1.82) is 0 Å². The van der Waals surface area contributed by atoms with Crippen molar-refractivity contribution in [2.24, 2.45) is 18.9 Å². The molecule has 382 valence electrons. The van der Waals surface area contributed by atoms with Crippen LogP contribution in [0.25, 0.3) is 32.2 Å². The number of amides is 3. The molecule has 1 atom stereocenters. The zero-order chi connectivity index (χ0) is 50.9. The first kappa shape index (κ1) is 49.1. The number of aromatic carboxylic acids is 1. The van der Waals surface area contributed by atoms with Gasteiger partial charge in [-0.2, -0.15) is 5.10 Å². The molecule has 16 heteroatoms. The molecule has 15 nitrogen and oxygen atoms in total. The Morgan fingerprint density at radius 1 is 0.811 bits per heavy atom. The second-order valence-corrected chi connectivity index (χ2v) is 21.6. The van der Waals surface area contributed by atoms with Crippen molar-refractivity contribution in [2.45, 2.75) is 83.6 Å². The molecule has 74 heavy (non-hydrogen) atoms. The van der Waals surface area contributed by atoms with Gasteiger partial charge in [0.15, 0.2) is 10.8 Å². The molecule has 4 aromatic carbocycles. The summed E-state index contributed by atoms with van der Waals surface area (Å²) < 4.78 is 9.35. The fraction of sp³-hybridized carbons (Fsp3) is 0.397. The molecule has 3 N–H and O–H groups in total. The molecule has 3 amide bonds. The number of carboxylic acids is 1. The number of aromatic nitrogens is 4. The van der Waals surface area contributed by atoms with Gasteiger partial charge in [0.05, 0.1) is 39.6 Å². The number of carbonyl (C=O) groups excluding carboxylic acids is 3. The third-order valence-corrected chi connectivity index (χ3v) is 16.9. The molecule has 3 aromatic heterocycles. The summed E-state index contributed by atoms with van der Waals surface area (Å²) in [6.07, 6.45) is 9.59. The van der Waals surface area contributed by atoms with E-state index in [0.29, 0.717) is 72.9 Å². The summed E-state index contributed by atoms with van der Waals surface area (Å²) in [5.74, 6) is 0.420. The number of ether oxygens (including phenoxy) is 1. The van der Waals surface area contributed by atoms with Gasteiger partial charge in [0, 0.05) is 56.2 Å². The predicted molar refractivity (Wildman–Crippen MR) is 289 cm³/mol. The van der Waals surface area contributed by atoms with Crippen molar-refractivity contribution >= 4 is 72.8 Å². The van der Waals surface area contributed by atoms with Crippen LogP contribution in [0, 0.1) is 18.8 Å².